The smallest absolute Gasteiger partial charge is 0.224 e. The summed E-state index contributed by atoms with van der Waals surface area (Å²) in [6, 6.07) is 6.47. The van der Waals surface area contributed by atoms with Crippen LogP contribution >= 0.6 is 0 Å². The summed E-state index contributed by atoms with van der Waals surface area (Å²) in [6.45, 7) is 13.4. The molecule has 2 aliphatic heterocycles. The molecule has 0 N–H and O–H groups in total. The molecule has 24 heavy (non-hydrogen) atoms. The van der Waals surface area contributed by atoms with Crippen LogP contribution in [0.15, 0.2) is 24.3 Å². The summed E-state index contributed by atoms with van der Waals surface area (Å²) in [5.41, 5.74) is 4.50. The van der Waals surface area contributed by atoms with Gasteiger partial charge in [0, 0.05) is 45.2 Å². The number of rotatable bonds is 2. The van der Waals surface area contributed by atoms with Crippen molar-refractivity contribution in [3.05, 3.63) is 35.4 Å². The normalized spacial score (nSPS) is 21.4. The van der Waals surface area contributed by atoms with Crippen molar-refractivity contribution < 1.29 is 4.79 Å². The maximum Gasteiger partial charge on any atom is 0.224 e. The molecule has 130 valence electrons. The van der Waals surface area contributed by atoms with Gasteiger partial charge in [-0.05, 0) is 45.0 Å². The molecule has 1 amide bonds. The van der Waals surface area contributed by atoms with Gasteiger partial charge in [-0.25, -0.2) is 0 Å². The summed E-state index contributed by atoms with van der Waals surface area (Å²) >= 11 is 0. The Kier molecular flexibility index (Phi) is 4.54. The van der Waals surface area contributed by atoms with Crippen LogP contribution in [-0.4, -0.2) is 61.0 Å². The monoisotopic (exact) mass is 327 g/mol. The van der Waals surface area contributed by atoms with Crippen molar-refractivity contribution >= 4 is 17.2 Å². The van der Waals surface area contributed by atoms with Gasteiger partial charge in [-0.2, -0.15) is 0 Å². The van der Waals surface area contributed by atoms with Crippen LogP contribution in [0.1, 0.15) is 31.9 Å². The van der Waals surface area contributed by atoms with Gasteiger partial charge >= 0.3 is 0 Å². The van der Waals surface area contributed by atoms with Crippen LogP contribution in [0.5, 0.6) is 0 Å². The van der Waals surface area contributed by atoms with Crippen LogP contribution < -0.4 is 4.90 Å². The average molecular weight is 327 g/mol. The van der Waals surface area contributed by atoms with E-state index >= 15 is 0 Å². The molecule has 3 rings (SSSR count). The number of hydrogen-bond donors (Lipinski definition) is 0. The van der Waals surface area contributed by atoms with Crippen molar-refractivity contribution in [3.8, 4) is 0 Å². The third kappa shape index (κ3) is 3.26. The van der Waals surface area contributed by atoms with Crippen LogP contribution in [0.3, 0.4) is 0 Å². The summed E-state index contributed by atoms with van der Waals surface area (Å²) in [6.07, 6.45) is 2.28. The highest BCUT2D eigenvalue weighted by Crippen LogP contribution is 2.40. The van der Waals surface area contributed by atoms with Gasteiger partial charge in [-0.1, -0.05) is 18.2 Å². The minimum absolute atomic E-state index is 0.0988. The van der Waals surface area contributed by atoms with E-state index in [1.54, 1.807) is 6.92 Å². The number of carbonyl (C=O) groups excluding carboxylic acids is 1. The highest BCUT2D eigenvalue weighted by molar-refractivity contribution is 5.99. The molecule has 0 saturated carbocycles. The van der Waals surface area contributed by atoms with Gasteiger partial charge in [0.1, 0.15) is 0 Å². The maximum atomic E-state index is 12.3. The summed E-state index contributed by atoms with van der Waals surface area (Å²) < 4.78 is 0. The molecule has 2 heterocycles. The van der Waals surface area contributed by atoms with Crippen molar-refractivity contribution in [1.29, 1.82) is 0 Å². The summed E-state index contributed by atoms with van der Waals surface area (Å²) in [5, 5.41) is 0. The van der Waals surface area contributed by atoms with E-state index in [9.17, 15) is 4.79 Å². The van der Waals surface area contributed by atoms with Crippen molar-refractivity contribution in [1.82, 2.24) is 9.80 Å². The van der Waals surface area contributed by atoms with Crippen molar-refractivity contribution in [3.63, 3.8) is 0 Å². The molecule has 1 aromatic rings. The zero-order valence-corrected chi connectivity index (χ0v) is 15.6. The van der Waals surface area contributed by atoms with E-state index < -0.39 is 0 Å². The van der Waals surface area contributed by atoms with E-state index in [2.05, 4.69) is 61.9 Å². The molecule has 0 atom stereocenters. The van der Waals surface area contributed by atoms with Gasteiger partial charge in [-0.15, -0.1) is 0 Å². The fourth-order valence-corrected chi connectivity index (χ4v) is 3.93. The van der Waals surface area contributed by atoms with Gasteiger partial charge in [0.25, 0.3) is 0 Å². The number of anilines is 1. The fourth-order valence-electron chi connectivity index (χ4n) is 3.93. The molecule has 0 radical (unpaired) electrons. The number of likely N-dealkylation sites (N-methyl/N-ethyl adjacent to an activating group) is 1. The second-order valence-electron chi connectivity index (χ2n) is 7.78. The topological polar surface area (TPSA) is 26.8 Å². The summed E-state index contributed by atoms with van der Waals surface area (Å²) in [5.74, 6) is 0.0988. The first-order valence-corrected chi connectivity index (χ1v) is 8.82. The zero-order valence-electron chi connectivity index (χ0n) is 15.6. The van der Waals surface area contributed by atoms with Gasteiger partial charge in [-0.3, -0.25) is 9.69 Å². The Morgan fingerprint density at radius 1 is 1.17 bits per heavy atom. The van der Waals surface area contributed by atoms with Gasteiger partial charge < -0.3 is 9.80 Å². The lowest BCUT2D eigenvalue weighted by atomic mass is 9.87. The number of hydrogen-bond acceptors (Lipinski definition) is 3. The summed E-state index contributed by atoms with van der Waals surface area (Å²) in [4.78, 5) is 19.1. The third-order valence-electron chi connectivity index (χ3n) is 5.15. The zero-order chi connectivity index (χ0) is 17.5. The number of nitrogens with zero attached hydrogens (tertiary/aromatic N) is 3. The third-order valence-corrected chi connectivity index (χ3v) is 5.15. The number of benzene rings is 1. The molecule has 1 aromatic carbocycles. The SMILES string of the molecule is CC(=O)N1c2cc(C)ccc2C(CN2CCN(C)CC2)=CC1(C)C. The summed E-state index contributed by atoms with van der Waals surface area (Å²) in [7, 11) is 2.18. The largest absolute Gasteiger partial charge is 0.304 e. The van der Waals surface area contributed by atoms with E-state index in [4.69, 9.17) is 0 Å². The van der Waals surface area contributed by atoms with Gasteiger partial charge in [0.15, 0.2) is 0 Å². The minimum Gasteiger partial charge on any atom is -0.304 e. The Labute approximate surface area is 145 Å². The Morgan fingerprint density at radius 3 is 2.46 bits per heavy atom. The molecular formula is C20H29N3O. The number of amides is 1. The quantitative estimate of drug-likeness (QED) is 0.836. The standard InChI is InChI=1S/C20H29N3O/c1-15-6-7-18-17(14-22-10-8-21(5)9-11-22)13-20(3,4)23(16(2)24)19(18)12-15/h6-7,12-13H,8-11,14H2,1-5H3. The van der Waals surface area contributed by atoms with Crippen molar-refractivity contribution in [2.75, 3.05) is 44.7 Å². The lowest BCUT2D eigenvalue weighted by Crippen LogP contribution is -2.49. The number of carbonyl (C=O) groups is 1. The predicted molar refractivity (Wildman–Crippen MR) is 100 cm³/mol. The highest BCUT2D eigenvalue weighted by atomic mass is 16.2. The highest BCUT2D eigenvalue weighted by Gasteiger charge is 2.35. The van der Waals surface area contributed by atoms with Crippen LogP contribution in [0, 0.1) is 6.92 Å². The van der Waals surface area contributed by atoms with Gasteiger partial charge in [0.05, 0.1) is 11.2 Å². The van der Waals surface area contributed by atoms with E-state index in [-0.39, 0.29) is 11.4 Å². The lowest BCUT2D eigenvalue weighted by molar-refractivity contribution is -0.117. The second-order valence-corrected chi connectivity index (χ2v) is 7.78. The second kappa shape index (κ2) is 6.34. The number of aryl methyl sites for hydroxylation is 1. The van der Waals surface area contributed by atoms with Crippen LogP contribution in [0.25, 0.3) is 5.57 Å². The van der Waals surface area contributed by atoms with E-state index in [0.717, 1.165) is 38.4 Å². The Morgan fingerprint density at radius 2 is 1.83 bits per heavy atom. The Hall–Kier alpha value is -1.65. The molecule has 0 spiro atoms. The Bertz CT molecular complexity index is 669. The van der Waals surface area contributed by atoms with Crippen molar-refractivity contribution in [2.24, 2.45) is 0 Å². The molecule has 4 nitrogen and oxygen atoms in total. The molecule has 4 heteroatoms. The minimum atomic E-state index is -0.297. The van der Waals surface area contributed by atoms with E-state index in [1.807, 2.05) is 4.90 Å². The van der Waals surface area contributed by atoms with Crippen LogP contribution in [-0.2, 0) is 4.79 Å². The first-order chi connectivity index (χ1) is 11.3. The fraction of sp³-hybridized carbons (Fsp3) is 0.550. The van der Waals surface area contributed by atoms with Crippen molar-refractivity contribution in [2.45, 2.75) is 33.2 Å². The molecule has 0 aliphatic carbocycles. The molecule has 1 fully saturated rings. The van der Waals surface area contributed by atoms with E-state index in [1.165, 1.54) is 16.7 Å². The first kappa shape index (κ1) is 17.2. The van der Waals surface area contributed by atoms with Crippen LogP contribution in [0.2, 0.25) is 0 Å². The molecular weight excluding hydrogens is 298 g/mol. The number of fused-ring (bicyclic) bond motifs is 1. The molecule has 0 aromatic heterocycles. The predicted octanol–water partition coefficient (Wildman–Crippen LogP) is 2.77. The maximum absolute atomic E-state index is 12.3. The number of piperazine rings is 1. The molecule has 2 aliphatic rings. The molecule has 0 unspecified atom stereocenters. The van der Waals surface area contributed by atoms with Gasteiger partial charge in [0.2, 0.25) is 5.91 Å². The first-order valence-electron chi connectivity index (χ1n) is 8.82. The lowest BCUT2D eigenvalue weighted by Gasteiger charge is -2.43. The average Bonchev–Trinajstić information content (AvgIpc) is 2.47. The Balaban J connectivity index is 1.96. The van der Waals surface area contributed by atoms with Crippen LogP contribution in [0.4, 0.5) is 5.69 Å². The van der Waals surface area contributed by atoms with E-state index in [0.29, 0.717) is 0 Å². The molecule has 1 saturated heterocycles. The molecule has 0 bridgehead atoms.